The number of likely N-dealkylation sites (tertiary alicyclic amines) is 1. The Morgan fingerprint density at radius 2 is 1.96 bits per heavy atom. The third kappa shape index (κ3) is 5.34. The zero-order chi connectivity index (χ0) is 19.9. The maximum Gasteiger partial charge on any atom is 0.409 e. The van der Waals surface area contributed by atoms with Crippen molar-refractivity contribution in [2.24, 2.45) is 0 Å². The van der Waals surface area contributed by atoms with Crippen molar-refractivity contribution in [3.05, 3.63) is 47.2 Å². The van der Waals surface area contributed by atoms with Crippen LogP contribution < -0.4 is 10.6 Å². The van der Waals surface area contributed by atoms with Crippen molar-refractivity contribution in [2.45, 2.75) is 46.2 Å². The van der Waals surface area contributed by atoms with Crippen molar-refractivity contribution >= 4 is 17.9 Å². The van der Waals surface area contributed by atoms with Gasteiger partial charge in [-0.2, -0.15) is 4.98 Å². The third-order valence-corrected chi connectivity index (χ3v) is 4.93. The van der Waals surface area contributed by atoms with Gasteiger partial charge in [0, 0.05) is 37.4 Å². The lowest BCUT2D eigenvalue weighted by Gasteiger charge is -2.31. The van der Waals surface area contributed by atoms with Crippen molar-refractivity contribution < 1.29 is 9.53 Å². The van der Waals surface area contributed by atoms with Crippen LogP contribution in [0.5, 0.6) is 0 Å². The Bertz CT molecular complexity index is 803. The van der Waals surface area contributed by atoms with Crippen LogP contribution in [0, 0.1) is 13.8 Å². The standard InChI is InChI=1S/C21H29N5O2/c1-4-28-21(27)26-11-9-18(10-12-26)24-20-23-16(3)13-19(25-20)22-14-17-8-6-5-7-15(17)2/h5-8,13,18H,4,9-12,14H2,1-3H3,(H2,22,23,24,25). The minimum absolute atomic E-state index is 0.226. The molecule has 0 unspecified atom stereocenters. The first kappa shape index (κ1) is 19.9. The van der Waals surface area contributed by atoms with Crippen molar-refractivity contribution in [1.29, 1.82) is 0 Å². The summed E-state index contributed by atoms with van der Waals surface area (Å²) in [6, 6.07) is 10.5. The quantitative estimate of drug-likeness (QED) is 0.791. The summed E-state index contributed by atoms with van der Waals surface area (Å²) in [5.41, 5.74) is 3.42. The highest BCUT2D eigenvalue weighted by atomic mass is 16.6. The van der Waals surface area contributed by atoms with Gasteiger partial charge in [0.15, 0.2) is 0 Å². The Hall–Kier alpha value is -2.83. The Balaban J connectivity index is 1.56. The van der Waals surface area contributed by atoms with Gasteiger partial charge in [-0.25, -0.2) is 9.78 Å². The first-order chi connectivity index (χ1) is 13.5. The topological polar surface area (TPSA) is 79.4 Å². The average molecular weight is 383 g/mol. The zero-order valence-corrected chi connectivity index (χ0v) is 16.9. The molecule has 1 aromatic heterocycles. The largest absolute Gasteiger partial charge is 0.450 e. The van der Waals surface area contributed by atoms with Crippen LogP contribution in [-0.4, -0.2) is 46.7 Å². The molecule has 0 bridgehead atoms. The van der Waals surface area contributed by atoms with E-state index in [0.717, 1.165) is 30.9 Å². The number of nitrogens with one attached hydrogen (secondary N) is 2. The fourth-order valence-corrected chi connectivity index (χ4v) is 3.32. The molecule has 7 heteroatoms. The van der Waals surface area contributed by atoms with E-state index in [2.05, 4.69) is 39.7 Å². The summed E-state index contributed by atoms with van der Waals surface area (Å²) in [6.45, 7) is 8.40. The summed E-state index contributed by atoms with van der Waals surface area (Å²) in [5.74, 6) is 1.43. The molecule has 0 atom stereocenters. The lowest BCUT2D eigenvalue weighted by atomic mass is 10.1. The molecular formula is C21H29N5O2. The lowest BCUT2D eigenvalue weighted by Crippen LogP contribution is -2.42. The van der Waals surface area contributed by atoms with Crippen LogP contribution in [0.1, 0.15) is 36.6 Å². The number of hydrogen-bond donors (Lipinski definition) is 2. The molecule has 28 heavy (non-hydrogen) atoms. The zero-order valence-electron chi connectivity index (χ0n) is 16.9. The number of benzene rings is 1. The Morgan fingerprint density at radius 1 is 1.21 bits per heavy atom. The second kappa shape index (κ2) is 9.39. The van der Waals surface area contributed by atoms with Gasteiger partial charge in [0.1, 0.15) is 5.82 Å². The Kier molecular flexibility index (Phi) is 6.68. The molecule has 0 aliphatic carbocycles. The first-order valence-corrected chi connectivity index (χ1v) is 9.87. The molecule has 2 aromatic rings. The van der Waals surface area contributed by atoms with Crippen LogP contribution in [-0.2, 0) is 11.3 Å². The van der Waals surface area contributed by atoms with Gasteiger partial charge in [0.05, 0.1) is 6.61 Å². The van der Waals surface area contributed by atoms with Crippen molar-refractivity contribution in [1.82, 2.24) is 14.9 Å². The van der Waals surface area contributed by atoms with E-state index >= 15 is 0 Å². The van der Waals surface area contributed by atoms with Crippen LogP contribution in [0.15, 0.2) is 30.3 Å². The lowest BCUT2D eigenvalue weighted by molar-refractivity contribution is 0.0983. The van der Waals surface area contributed by atoms with E-state index in [1.165, 1.54) is 11.1 Å². The summed E-state index contributed by atoms with van der Waals surface area (Å²) < 4.78 is 5.07. The number of anilines is 2. The summed E-state index contributed by atoms with van der Waals surface area (Å²) >= 11 is 0. The first-order valence-electron chi connectivity index (χ1n) is 9.87. The molecule has 7 nitrogen and oxygen atoms in total. The molecular weight excluding hydrogens is 354 g/mol. The normalized spacial score (nSPS) is 14.6. The van der Waals surface area contributed by atoms with Crippen LogP contribution in [0.2, 0.25) is 0 Å². The highest BCUT2D eigenvalue weighted by Gasteiger charge is 2.24. The van der Waals surface area contributed by atoms with Crippen LogP contribution in [0.3, 0.4) is 0 Å². The summed E-state index contributed by atoms with van der Waals surface area (Å²) in [7, 11) is 0. The van der Waals surface area contributed by atoms with E-state index in [1.807, 2.05) is 32.0 Å². The van der Waals surface area contributed by atoms with Gasteiger partial charge in [0.2, 0.25) is 5.95 Å². The average Bonchev–Trinajstić information content (AvgIpc) is 2.68. The Labute approximate surface area is 166 Å². The maximum absolute atomic E-state index is 11.8. The smallest absolute Gasteiger partial charge is 0.409 e. The minimum Gasteiger partial charge on any atom is -0.450 e. The number of nitrogens with zero attached hydrogens (tertiary/aromatic N) is 3. The van der Waals surface area contributed by atoms with E-state index in [1.54, 1.807) is 4.90 Å². The third-order valence-electron chi connectivity index (χ3n) is 4.93. The highest BCUT2D eigenvalue weighted by Crippen LogP contribution is 2.18. The van der Waals surface area contributed by atoms with E-state index in [4.69, 9.17) is 4.74 Å². The number of aryl methyl sites for hydroxylation is 2. The summed E-state index contributed by atoms with van der Waals surface area (Å²) in [6.07, 6.45) is 1.47. The van der Waals surface area contributed by atoms with Gasteiger partial charge in [0.25, 0.3) is 0 Å². The number of piperidine rings is 1. The van der Waals surface area contributed by atoms with Crippen LogP contribution >= 0.6 is 0 Å². The number of carbonyl (C=O) groups excluding carboxylic acids is 1. The minimum atomic E-state index is -0.226. The second-order valence-electron chi connectivity index (χ2n) is 7.10. The van der Waals surface area contributed by atoms with Crippen LogP contribution in [0.4, 0.5) is 16.6 Å². The SMILES string of the molecule is CCOC(=O)N1CCC(Nc2nc(C)cc(NCc3ccccc3C)n2)CC1. The molecule has 1 amide bonds. The van der Waals surface area contributed by atoms with Crippen molar-refractivity contribution in [3.8, 4) is 0 Å². The molecule has 3 rings (SSSR count). The predicted molar refractivity (Wildman–Crippen MR) is 111 cm³/mol. The number of hydrogen-bond acceptors (Lipinski definition) is 6. The molecule has 1 aromatic carbocycles. The number of aromatic nitrogens is 2. The molecule has 1 aliphatic rings. The fourth-order valence-electron chi connectivity index (χ4n) is 3.32. The van der Waals surface area contributed by atoms with E-state index in [0.29, 0.717) is 25.6 Å². The van der Waals surface area contributed by atoms with Gasteiger partial charge in [-0.3, -0.25) is 0 Å². The maximum atomic E-state index is 11.8. The van der Waals surface area contributed by atoms with E-state index in [9.17, 15) is 4.79 Å². The number of ether oxygens (including phenoxy) is 1. The van der Waals surface area contributed by atoms with Gasteiger partial charge in [-0.15, -0.1) is 0 Å². The monoisotopic (exact) mass is 383 g/mol. The fraction of sp³-hybridized carbons (Fsp3) is 0.476. The van der Waals surface area contributed by atoms with Crippen molar-refractivity contribution in [3.63, 3.8) is 0 Å². The molecule has 2 N–H and O–H groups in total. The molecule has 1 saturated heterocycles. The second-order valence-corrected chi connectivity index (χ2v) is 7.10. The van der Waals surface area contributed by atoms with Gasteiger partial charge < -0.3 is 20.3 Å². The van der Waals surface area contributed by atoms with Gasteiger partial charge >= 0.3 is 6.09 Å². The number of rotatable bonds is 6. The molecule has 0 saturated carbocycles. The van der Waals surface area contributed by atoms with Gasteiger partial charge in [-0.1, -0.05) is 24.3 Å². The van der Waals surface area contributed by atoms with E-state index in [-0.39, 0.29) is 12.1 Å². The Morgan fingerprint density at radius 3 is 2.68 bits per heavy atom. The molecule has 1 aliphatic heterocycles. The number of amides is 1. The molecule has 150 valence electrons. The summed E-state index contributed by atoms with van der Waals surface area (Å²) in [4.78, 5) is 22.7. The summed E-state index contributed by atoms with van der Waals surface area (Å²) in [5, 5.41) is 6.82. The van der Waals surface area contributed by atoms with Crippen molar-refractivity contribution in [2.75, 3.05) is 30.3 Å². The van der Waals surface area contributed by atoms with Gasteiger partial charge in [-0.05, 0) is 44.7 Å². The number of carbonyl (C=O) groups is 1. The highest BCUT2D eigenvalue weighted by molar-refractivity contribution is 5.67. The molecule has 1 fully saturated rings. The van der Waals surface area contributed by atoms with E-state index < -0.39 is 0 Å². The molecule has 0 spiro atoms. The molecule has 2 heterocycles. The predicted octanol–water partition coefficient (Wildman–Crippen LogP) is 3.74. The van der Waals surface area contributed by atoms with Crippen LogP contribution in [0.25, 0.3) is 0 Å². The molecule has 0 radical (unpaired) electrons.